The third-order valence-corrected chi connectivity index (χ3v) is 4.78. The molecule has 3 aromatic rings. The van der Waals surface area contributed by atoms with Crippen LogP contribution >= 0.6 is 0 Å². The van der Waals surface area contributed by atoms with Crippen molar-refractivity contribution in [2.75, 3.05) is 19.5 Å². The van der Waals surface area contributed by atoms with Gasteiger partial charge in [-0.1, -0.05) is 42.5 Å². The largest absolute Gasteiger partial charge is 0.497 e. The third kappa shape index (κ3) is 5.47. The molecule has 0 saturated heterocycles. The average molecular weight is 406 g/mol. The van der Waals surface area contributed by atoms with Crippen LogP contribution in [-0.2, 0) is 24.8 Å². The van der Waals surface area contributed by atoms with Gasteiger partial charge in [-0.15, -0.1) is 0 Å². The number of carbonyl (C=O) groups is 2. The lowest BCUT2D eigenvalue weighted by Crippen LogP contribution is -2.26. The number of hydrogen-bond acceptors (Lipinski definition) is 4. The number of ether oxygens (including phenoxy) is 1. The van der Waals surface area contributed by atoms with E-state index in [1.165, 1.54) is 4.68 Å². The summed E-state index contributed by atoms with van der Waals surface area (Å²) in [6.45, 7) is 0.443. The molecule has 2 aromatic carbocycles. The first-order valence-corrected chi connectivity index (χ1v) is 9.72. The van der Waals surface area contributed by atoms with Gasteiger partial charge in [-0.2, -0.15) is 5.10 Å². The summed E-state index contributed by atoms with van der Waals surface area (Å²) < 4.78 is 6.66. The number of aromatic nitrogens is 2. The predicted octanol–water partition coefficient (Wildman–Crippen LogP) is 3.27. The Bertz CT molecular complexity index is 997. The maximum atomic E-state index is 12.7. The normalized spacial score (nSPS) is 10.5. The van der Waals surface area contributed by atoms with Gasteiger partial charge in [0, 0.05) is 33.1 Å². The molecule has 0 atom stereocenters. The molecule has 1 heterocycles. The number of aryl methyl sites for hydroxylation is 2. The van der Waals surface area contributed by atoms with Crippen LogP contribution in [0.25, 0.3) is 0 Å². The topological polar surface area (TPSA) is 76.5 Å². The summed E-state index contributed by atoms with van der Waals surface area (Å²) in [7, 11) is 5.04. The van der Waals surface area contributed by atoms with Gasteiger partial charge in [-0.05, 0) is 29.7 Å². The van der Waals surface area contributed by atoms with E-state index >= 15 is 0 Å². The minimum atomic E-state index is -0.216. The zero-order valence-electron chi connectivity index (χ0n) is 17.5. The van der Waals surface area contributed by atoms with Gasteiger partial charge >= 0.3 is 0 Å². The van der Waals surface area contributed by atoms with Crippen LogP contribution in [0.3, 0.4) is 0 Å². The average Bonchev–Trinajstić information content (AvgIpc) is 3.13. The van der Waals surface area contributed by atoms with Crippen molar-refractivity contribution in [2.24, 2.45) is 7.05 Å². The first-order valence-electron chi connectivity index (χ1n) is 9.72. The van der Waals surface area contributed by atoms with Gasteiger partial charge in [-0.3, -0.25) is 14.3 Å². The molecule has 1 aromatic heterocycles. The van der Waals surface area contributed by atoms with Crippen LogP contribution in [-0.4, -0.2) is 40.7 Å². The Kier molecular flexibility index (Phi) is 6.85. The molecular formula is C23H26N4O3. The van der Waals surface area contributed by atoms with Gasteiger partial charge < -0.3 is 15.0 Å². The standard InChI is InChI=1S/C23H26N4O3/c1-26(16-18-9-12-19(30-3)13-10-18)23(29)20-15-21(27(2)25-20)24-22(28)14-11-17-7-5-4-6-8-17/h4-10,12-13,15H,11,14,16H2,1-3H3,(H,24,28). The molecule has 2 amide bonds. The first kappa shape index (κ1) is 21.1. The molecular weight excluding hydrogens is 380 g/mol. The number of amides is 2. The highest BCUT2D eigenvalue weighted by atomic mass is 16.5. The highest BCUT2D eigenvalue weighted by Crippen LogP contribution is 2.15. The Morgan fingerprint density at radius 3 is 2.43 bits per heavy atom. The van der Waals surface area contributed by atoms with Crippen LogP contribution in [0.15, 0.2) is 60.7 Å². The molecule has 0 unspecified atom stereocenters. The van der Waals surface area contributed by atoms with Gasteiger partial charge in [-0.25, -0.2) is 0 Å². The summed E-state index contributed by atoms with van der Waals surface area (Å²) in [6, 6.07) is 19.0. The molecule has 0 spiro atoms. The molecule has 156 valence electrons. The molecule has 0 radical (unpaired) electrons. The van der Waals surface area contributed by atoms with Crippen LogP contribution in [0.1, 0.15) is 28.0 Å². The summed E-state index contributed by atoms with van der Waals surface area (Å²) >= 11 is 0. The van der Waals surface area contributed by atoms with Crippen molar-refractivity contribution in [3.05, 3.63) is 77.5 Å². The van der Waals surface area contributed by atoms with Crippen molar-refractivity contribution in [3.8, 4) is 5.75 Å². The fraction of sp³-hybridized carbons (Fsp3) is 0.261. The fourth-order valence-electron chi connectivity index (χ4n) is 3.07. The Morgan fingerprint density at radius 1 is 1.07 bits per heavy atom. The van der Waals surface area contributed by atoms with Gasteiger partial charge in [0.1, 0.15) is 11.6 Å². The molecule has 0 bridgehead atoms. The molecule has 30 heavy (non-hydrogen) atoms. The van der Waals surface area contributed by atoms with E-state index in [9.17, 15) is 9.59 Å². The number of anilines is 1. The second-order valence-corrected chi connectivity index (χ2v) is 7.08. The Morgan fingerprint density at radius 2 is 1.77 bits per heavy atom. The maximum absolute atomic E-state index is 12.7. The molecule has 3 rings (SSSR count). The molecule has 7 nitrogen and oxygen atoms in total. The molecule has 1 N–H and O–H groups in total. The minimum Gasteiger partial charge on any atom is -0.497 e. The van der Waals surface area contributed by atoms with E-state index in [-0.39, 0.29) is 17.5 Å². The number of nitrogens with one attached hydrogen (secondary N) is 1. The van der Waals surface area contributed by atoms with E-state index in [4.69, 9.17) is 4.74 Å². The van der Waals surface area contributed by atoms with Crippen LogP contribution in [0.5, 0.6) is 5.75 Å². The lowest BCUT2D eigenvalue weighted by molar-refractivity contribution is -0.116. The summed E-state index contributed by atoms with van der Waals surface area (Å²) in [6.07, 6.45) is 1.01. The molecule has 0 fully saturated rings. The van der Waals surface area contributed by atoms with Crippen LogP contribution in [0.4, 0.5) is 5.82 Å². The number of benzene rings is 2. The SMILES string of the molecule is COc1ccc(CN(C)C(=O)c2cc(NC(=O)CCc3ccccc3)n(C)n2)cc1. The zero-order chi connectivity index (χ0) is 21.5. The molecule has 0 aliphatic carbocycles. The fourth-order valence-corrected chi connectivity index (χ4v) is 3.07. The van der Waals surface area contributed by atoms with E-state index < -0.39 is 0 Å². The van der Waals surface area contributed by atoms with Crippen molar-refractivity contribution < 1.29 is 14.3 Å². The number of carbonyl (C=O) groups excluding carboxylic acids is 2. The van der Waals surface area contributed by atoms with Crippen LogP contribution in [0, 0.1) is 0 Å². The van der Waals surface area contributed by atoms with Gasteiger partial charge in [0.2, 0.25) is 5.91 Å². The van der Waals surface area contributed by atoms with Crippen molar-refractivity contribution in [3.63, 3.8) is 0 Å². The first-order chi connectivity index (χ1) is 14.5. The monoisotopic (exact) mass is 406 g/mol. The number of nitrogens with zero attached hydrogens (tertiary/aromatic N) is 3. The second kappa shape index (κ2) is 9.73. The summed E-state index contributed by atoms with van der Waals surface area (Å²) in [5.74, 6) is 0.929. The minimum absolute atomic E-state index is 0.118. The van der Waals surface area contributed by atoms with Crippen molar-refractivity contribution in [2.45, 2.75) is 19.4 Å². The van der Waals surface area contributed by atoms with E-state index in [1.54, 1.807) is 32.2 Å². The predicted molar refractivity (Wildman–Crippen MR) is 115 cm³/mol. The van der Waals surface area contributed by atoms with E-state index in [0.717, 1.165) is 16.9 Å². The van der Waals surface area contributed by atoms with E-state index in [0.29, 0.717) is 25.2 Å². The molecule has 0 aliphatic rings. The Labute approximate surface area is 176 Å². The molecule has 0 aliphatic heterocycles. The Balaban J connectivity index is 1.58. The quantitative estimate of drug-likeness (QED) is 0.623. The number of methoxy groups -OCH3 is 1. The van der Waals surface area contributed by atoms with Crippen LogP contribution in [0.2, 0.25) is 0 Å². The number of rotatable bonds is 8. The molecule has 7 heteroatoms. The Hall–Kier alpha value is -3.61. The maximum Gasteiger partial charge on any atom is 0.274 e. The summed E-state index contributed by atoms with van der Waals surface area (Å²) in [5, 5.41) is 7.10. The van der Waals surface area contributed by atoms with Gasteiger partial charge in [0.25, 0.3) is 5.91 Å². The van der Waals surface area contributed by atoms with E-state index in [1.807, 2.05) is 54.6 Å². The van der Waals surface area contributed by atoms with Crippen molar-refractivity contribution in [1.29, 1.82) is 0 Å². The number of hydrogen-bond donors (Lipinski definition) is 1. The highest BCUT2D eigenvalue weighted by molar-refractivity contribution is 5.95. The van der Waals surface area contributed by atoms with Gasteiger partial charge in [0.15, 0.2) is 5.69 Å². The van der Waals surface area contributed by atoms with Crippen molar-refractivity contribution in [1.82, 2.24) is 14.7 Å². The third-order valence-electron chi connectivity index (χ3n) is 4.78. The lowest BCUT2D eigenvalue weighted by atomic mass is 10.1. The second-order valence-electron chi connectivity index (χ2n) is 7.08. The van der Waals surface area contributed by atoms with Crippen LogP contribution < -0.4 is 10.1 Å². The molecule has 0 saturated carbocycles. The lowest BCUT2D eigenvalue weighted by Gasteiger charge is -2.16. The van der Waals surface area contributed by atoms with Crippen molar-refractivity contribution >= 4 is 17.6 Å². The smallest absolute Gasteiger partial charge is 0.274 e. The zero-order valence-corrected chi connectivity index (χ0v) is 17.5. The highest BCUT2D eigenvalue weighted by Gasteiger charge is 2.18. The summed E-state index contributed by atoms with van der Waals surface area (Å²) in [5.41, 5.74) is 2.37. The van der Waals surface area contributed by atoms with E-state index in [2.05, 4.69) is 10.4 Å². The summed E-state index contributed by atoms with van der Waals surface area (Å²) in [4.78, 5) is 26.6. The van der Waals surface area contributed by atoms with Gasteiger partial charge in [0.05, 0.1) is 7.11 Å².